The third kappa shape index (κ3) is 3.74. The van der Waals surface area contributed by atoms with Crippen molar-refractivity contribution in [1.82, 2.24) is 0 Å². The van der Waals surface area contributed by atoms with Crippen LogP contribution in [0.5, 0.6) is 5.75 Å². The van der Waals surface area contributed by atoms with Gasteiger partial charge < -0.3 is 10.1 Å². The first-order valence-corrected chi connectivity index (χ1v) is 10.7. The zero-order valence-corrected chi connectivity index (χ0v) is 17.7. The molecule has 0 unspecified atom stereocenters. The molecule has 6 heteroatoms. The van der Waals surface area contributed by atoms with Crippen LogP contribution in [-0.2, 0) is 9.59 Å². The monoisotopic (exact) mass is 418 g/mol. The van der Waals surface area contributed by atoms with Crippen molar-refractivity contribution < 1.29 is 14.3 Å². The molecule has 1 N–H and O–H groups in total. The Bertz CT molecular complexity index is 1120. The summed E-state index contributed by atoms with van der Waals surface area (Å²) in [6.45, 7) is 4.50. The van der Waals surface area contributed by atoms with E-state index in [4.69, 9.17) is 4.74 Å². The largest absolute Gasteiger partial charge is 0.491 e. The standard InChI is InChI=1S/C24H22N2O3S/c1-3-13-29-19-11-5-4-10-18(19)26-23(27)21(20-12-7-14-30-20)22(24(26)28)25-17-9-6-8-16(2)15-17/h4-12,14-15,25H,3,13H2,1-2H3. The molecule has 2 amide bonds. The van der Waals surface area contributed by atoms with Gasteiger partial charge in [0.05, 0.1) is 17.9 Å². The smallest absolute Gasteiger partial charge is 0.282 e. The van der Waals surface area contributed by atoms with Crippen LogP contribution in [0.3, 0.4) is 0 Å². The number of ether oxygens (including phenoxy) is 1. The Morgan fingerprint density at radius 2 is 1.83 bits per heavy atom. The average Bonchev–Trinajstić information content (AvgIpc) is 3.34. The van der Waals surface area contributed by atoms with Gasteiger partial charge in [-0.05, 0) is 54.6 Å². The van der Waals surface area contributed by atoms with Crippen LogP contribution in [0.25, 0.3) is 5.57 Å². The van der Waals surface area contributed by atoms with E-state index in [9.17, 15) is 9.59 Å². The number of rotatable bonds is 7. The molecule has 1 aliphatic heterocycles. The molecule has 152 valence electrons. The van der Waals surface area contributed by atoms with E-state index in [-0.39, 0.29) is 11.6 Å². The van der Waals surface area contributed by atoms with E-state index >= 15 is 0 Å². The maximum Gasteiger partial charge on any atom is 0.282 e. The van der Waals surface area contributed by atoms with Crippen molar-refractivity contribution >= 4 is 40.1 Å². The summed E-state index contributed by atoms with van der Waals surface area (Å²) in [5.41, 5.74) is 2.93. The van der Waals surface area contributed by atoms with Crippen molar-refractivity contribution in [3.8, 4) is 5.75 Å². The topological polar surface area (TPSA) is 58.6 Å². The lowest BCUT2D eigenvalue weighted by Gasteiger charge is -2.19. The summed E-state index contributed by atoms with van der Waals surface area (Å²) < 4.78 is 5.81. The molecule has 5 nitrogen and oxygen atoms in total. The second-order valence-electron chi connectivity index (χ2n) is 6.98. The minimum Gasteiger partial charge on any atom is -0.491 e. The minimum absolute atomic E-state index is 0.276. The van der Waals surface area contributed by atoms with Gasteiger partial charge >= 0.3 is 0 Å². The summed E-state index contributed by atoms with van der Waals surface area (Å²) in [7, 11) is 0. The van der Waals surface area contributed by atoms with E-state index in [1.165, 1.54) is 16.2 Å². The van der Waals surface area contributed by atoms with Crippen molar-refractivity contribution in [2.24, 2.45) is 0 Å². The van der Waals surface area contributed by atoms with Crippen LogP contribution in [0.1, 0.15) is 23.8 Å². The van der Waals surface area contributed by atoms with Gasteiger partial charge in [0.1, 0.15) is 11.4 Å². The van der Waals surface area contributed by atoms with Crippen molar-refractivity contribution in [3.05, 3.63) is 82.2 Å². The second kappa shape index (κ2) is 8.55. The molecule has 0 spiro atoms. The number of carbonyl (C=O) groups excluding carboxylic acids is 2. The molecule has 0 bridgehead atoms. The molecule has 0 atom stereocenters. The number of amides is 2. The molecule has 30 heavy (non-hydrogen) atoms. The zero-order chi connectivity index (χ0) is 21.1. The number of carbonyl (C=O) groups is 2. The van der Waals surface area contributed by atoms with Gasteiger partial charge in [0, 0.05) is 10.6 Å². The molecule has 4 rings (SSSR count). The van der Waals surface area contributed by atoms with Gasteiger partial charge in [-0.2, -0.15) is 0 Å². The molecule has 0 radical (unpaired) electrons. The molecule has 0 saturated carbocycles. The van der Waals surface area contributed by atoms with Crippen LogP contribution in [-0.4, -0.2) is 18.4 Å². The van der Waals surface area contributed by atoms with Crippen LogP contribution in [0.2, 0.25) is 0 Å². The van der Waals surface area contributed by atoms with Crippen LogP contribution < -0.4 is 15.0 Å². The summed E-state index contributed by atoms with van der Waals surface area (Å²) in [5, 5.41) is 5.09. The number of hydrogen-bond acceptors (Lipinski definition) is 5. The fraction of sp³-hybridized carbons (Fsp3) is 0.167. The lowest BCUT2D eigenvalue weighted by Crippen LogP contribution is -2.32. The highest BCUT2D eigenvalue weighted by molar-refractivity contribution is 7.11. The van der Waals surface area contributed by atoms with E-state index in [1.54, 1.807) is 18.2 Å². The van der Waals surface area contributed by atoms with Crippen LogP contribution >= 0.6 is 11.3 Å². The molecule has 1 aliphatic rings. The third-order valence-electron chi connectivity index (χ3n) is 4.71. The Balaban J connectivity index is 1.78. The van der Waals surface area contributed by atoms with Gasteiger partial charge in [0.25, 0.3) is 11.8 Å². The van der Waals surface area contributed by atoms with Gasteiger partial charge in [0.2, 0.25) is 0 Å². The first-order valence-electron chi connectivity index (χ1n) is 9.82. The number of imide groups is 1. The number of benzene rings is 2. The maximum atomic E-state index is 13.5. The summed E-state index contributed by atoms with van der Waals surface area (Å²) >= 11 is 1.43. The highest BCUT2D eigenvalue weighted by Gasteiger charge is 2.41. The van der Waals surface area contributed by atoms with E-state index < -0.39 is 5.91 Å². The molecule has 2 aromatic carbocycles. The third-order valence-corrected chi connectivity index (χ3v) is 5.59. The first-order chi connectivity index (χ1) is 14.6. The summed E-state index contributed by atoms with van der Waals surface area (Å²) in [6, 6.07) is 18.6. The Morgan fingerprint density at radius 1 is 1.00 bits per heavy atom. The predicted molar refractivity (Wildman–Crippen MR) is 121 cm³/mol. The van der Waals surface area contributed by atoms with E-state index in [1.807, 2.05) is 61.7 Å². The Morgan fingerprint density at radius 3 is 2.57 bits per heavy atom. The maximum absolute atomic E-state index is 13.5. The highest BCUT2D eigenvalue weighted by Crippen LogP contribution is 2.39. The molecular formula is C24H22N2O3S. The van der Waals surface area contributed by atoms with Crippen LogP contribution in [0.15, 0.2) is 71.7 Å². The normalized spacial score (nSPS) is 13.9. The average molecular weight is 419 g/mol. The molecular weight excluding hydrogens is 396 g/mol. The quantitative estimate of drug-likeness (QED) is 0.533. The zero-order valence-electron chi connectivity index (χ0n) is 16.8. The number of thiophene rings is 1. The van der Waals surface area contributed by atoms with Gasteiger partial charge in [-0.25, -0.2) is 4.90 Å². The Kier molecular flexibility index (Phi) is 5.68. The second-order valence-corrected chi connectivity index (χ2v) is 7.93. The van der Waals surface area contributed by atoms with E-state index in [0.29, 0.717) is 23.6 Å². The SMILES string of the molecule is CCCOc1ccccc1N1C(=O)C(Nc2cccc(C)c2)=C(c2cccs2)C1=O. The Hall–Kier alpha value is -3.38. The fourth-order valence-corrected chi connectivity index (χ4v) is 4.13. The summed E-state index contributed by atoms with van der Waals surface area (Å²) in [5.74, 6) is -0.231. The van der Waals surface area contributed by atoms with E-state index in [0.717, 1.165) is 22.5 Å². The predicted octanol–water partition coefficient (Wildman–Crippen LogP) is 5.24. The van der Waals surface area contributed by atoms with Crippen molar-refractivity contribution in [1.29, 1.82) is 0 Å². The molecule has 0 fully saturated rings. The number of nitrogens with one attached hydrogen (secondary N) is 1. The fourth-order valence-electron chi connectivity index (χ4n) is 3.36. The minimum atomic E-state index is -0.391. The first kappa shape index (κ1) is 19.9. The number of anilines is 2. The number of aryl methyl sites for hydroxylation is 1. The summed E-state index contributed by atoms with van der Waals surface area (Å²) in [4.78, 5) is 28.9. The van der Waals surface area contributed by atoms with Gasteiger partial charge in [0.15, 0.2) is 0 Å². The molecule has 0 aliphatic carbocycles. The molecule has 2 heterocycles. The highest BCUT2D eigenvalue weighted by atomic mass is 32.1. The molecule has 1 aromatic heterocycles. The van der Waals surface area contributed by atoms with Crippen molar-refractivity contribution in [2.45, 2.75) is 20.3 Å². The number of para-hydroxylation sites is 2. The van der Waals surface area contributed by atoms with Crippen molar-refractivity contribution in [3.63, 3.8) is 0 Å². The Labute approximate surface area is 179 Å². The summed E-state index contributed by atoms with van der Waals surface area (Å²) in [6.07, 6.45) is 0.828. The van der Waals surface area contributed by atoms with Gasteiger partial charge in [-0.3, -0.25) is 9.59 Å². The lowest BCUT2D eigenvalue weighted by molar-refractivity contribution is -0.120. The van der Waals surface area contributed by atoms with Gasteiger partial charge in [-0.1, -0.05) is 37.3 Å². The molecule has 3 aromatic rings. The number of nitrogens with zero attached hydrogens (tertiary/aromatic N) is 1. The van der Waals surface area contributed by atoms with Crippen LogP contribution in [0.4, 0.5) is 11.4 Å². The van der Waals surface area contributed by atoms with E-state index in [2.05, 4.69) is 5.32 Å². The van der Waals surface area contributed by atoms with Crippen LogP contribution in [0, 0.1) is 6.92 Å². The lowest BCUT2D eigenvalue weighted by atomic mass is 10.1. The molecule has 0 saturated heterocycles. The van der Waals surface area contributed by atoms with Gasteiger partial charge in [-0.15, -0.1) is 11.3 Å². The van der Waals surface area contributed by atoms with Crippen molar-refractivity contribution in [2.75, 3.05) is 16.8 Å². The number of hydrogen-bond donors (Lipinski definition) is 1.